The third kappa shape index (κ3) is 8.22. The van der Waals surface area contributed by atoms with Crippen molar-refractivity contribution in [3.05, 3.63) is 35.9 Å². The van der Waals surface area contributed by atoms with Crippen LogP contribution in [0.15, 0.2) is 35.3 Å². The normalized spacial score (nSPS) is 21.8. The molecular weight excluding hydrogens is 439 g/mol. The number of hydrogen-bond donors (Lipinski definition) is 3. The van der Waals surface area contributed by atoms with Gasteiger partial charge in [-0.05, 0) is 52.1 Å². The highest BCUT2D eigenvalue weighted by Gasteiger charge is 2.20. The number of halogens is 1. The zero-order valence-corrected chi connectivity index (χ0v) is 18.6. The number of aliphatic hydroxyl groups is 1. The Balaban J connectivity index is 0.00000338. The summed E-state index contributed by atoms with van der Waals surface area (Å²) in [5, 5.41) is 16.5. The highest BCUT2D eigenvalue weighted by molar-refractivity contribution is 14.0. The zero-order chi connectivity index (χ0) is 18.1. The first-order valence-electron chi connectivity index (χ1n) is 9.55. The lowest BCUT2D eigenvalue weighted by molar-refractivity contribution is 0.120. The first-order chi connectivity index (χ1) is 12.1. The molecule has 1 aromatic rings. The topological polar surface area (TPSA) is 59.9 Å². The van der Waals surface area contributed by atoms with Crippen molar-refractivity contribution in [1.82, 2.24) is 15.5 Å². The summed E-state index contributed by atoms with van der Waals surface area (Å²) < 4.78 is 0. The van der Waals surface area contributed by atoms with Gasteiger partial charge in [0, 0.05) is 25.2 Å². The highest BCUT2D eigenvalue weighted by Crippen LogP contribution is 2.18. The second-order valence-corrected chi connectivity index (χ2v) is 7.12. The van der Waals surface area contributed by atoms with Crippen LogP contribution < -0.4 is 10.6 Å². The van der Waals surface area contributed by atoms with Gasteiger partial charge in [-0.3, -0.25) is 9.89 Å². The molecule has 1 aliphatic rings. The van der Waals surface area contributed by atoms with Crippen molar-refractivity contribution < 1.29 is 5.11 Å². The first kappa shape index (κ1) is 23.2. The third-order valence-electron chi connectivity index (χ3n) is 4.92. The van der Waals surface area contributed by atoms with Crippen LogP contribution in [0.1, 0.15) is 45.1 Å². The smallest absolute Gasteiger partial charge is 0.191 e. The maximum Gasteiger partial charge on any atom is 0.191 e. The molecule has 148 valence electrons. The van der Waals surface area contributed by atoms with E-state index in [2.05, 4.69) is 66.8 Å². The average molecular weight is 474 g/mol. The molecule has 0 heterocycles. The Bertz CT molecular complexity index is 518. The van der Waals surface area contributed by atoms with E-state index in [4.69, 9.17) is 4.99 Å². The molecule has 6 heteroatoms. The van der Waals surface area contributed by atoms with Crippen molar-refractivity contribution in [2.45, 2.75) is 64.3 Å². The summed E-state index contributed by atoms with van der Waals surface area (Å²) >= 11 is 0. The molecule has 0 amide bonds. The predicted molar refractivity (Wildman–Crippen MR) is 120 cm³/mol. The summed E-state index contributed by atoms with van der Waals surface area (Å²) in [6.45, 7) is 6.85. The second kappa shape index (κ2) is 12.5. The van der Waals surface area contributed by atoms with Gasteiger partial charge in [0.25, 0.3) is 0 Å². The van der Waals surface area contributed by atoms with Gasteiger partial charge in [0.15, 0.2) is 5.96 Å². The Labute approximate surface area is 175 Å². The van der Waals surface area contributed by atoms with E-state index in [1.807, 2.05) is 0 Å². The third-order valence-corrected chi connectivity index (χ3v) is 4.92. The molecule has 0 aromatic heterocycles. The molecule has 3 N–H and O–H groups in total. The number of rotatable bonds is 7. The molecule has 1 fully saturated rings. The van der Waals surface area contributed by atoms with Crippen LogP contribution in [0.3, 0.4) is 0 Å². The molecule has 0 radical (unpaired) electrons. The first-order valence-corrected chi connectivity index (χ1v) is 9.55. The van der Waals surface area contributed by atoms with E-state index >= 15 is 0 Å². The van der Waals surface area contributed by atoms with Crippen LogP contribution in [0, 0.1) is 0 Å². The van der Waals surface area contributed by atoms with Gasteiger partial charge in [0.1, 0.15) is 0 Å². The summed E-state index contributed by atoms with van der Waals surface area (Å²) in [5.41, 5.74) is 1.33. The number of likely N-dealkylation sites (N-methyl/N-ethyl adjacent to an activating group) is 1. The minimum Gasteiger partial charge on any atom is -0.393 e. The minimum absolute atomic E-state index is 0. The van der Waals surface area contributed by atoms with Gasteiger partial charge in [-0.25, -0.2) is 0 Å². The molecule has 5 nitrogen and oxygen atoms in total. The molecule has 1 aliphatic carbocycles. The van der Waals surface area contributed by atoms with Gasteiger partial charge >= 0.3 is 0 Å². The fourth-order valence-corrected chi connectivity index (χ4v) is 3.12. The van der Waals surface area contributed by atoms with Crippen molar-refractivity contribution in [1.29, 1.82) is 0 Å². The average Bonchev–Trinajstić information content (AvgIpc) is 2.62. The molecule has 1 unspecified atom stereocenters. The van der Waals surface area contributed by atoms with Gasteiger partial charge in [-0.15, -0.1) is 24.0 Å². The van der Waals surface area contributed by atoms with E-state index in [-0.39, 0.29) is 30.1 Å². The molecule has 2 rings (SSSR count). The van der Waals surface area contributed by atoms with Gasteiger partial charge in [0.2, 0.25) is 0 Å². The molecule has 26 heavy (non-hydrogen) atoms. The summed E-state index contributed by atoms with van der Waals surface area (Å²) in [6.07, 6.45) is 3.66. The Morgan fingerprint density at radius 3 is 2.50 bits per heavy atom. The quantitative estimate of drug-likeness (QED) is 0.323. The van der Waals surface area contributed by atoms with E-state index in [1.165, 1.54) is 5.56 Å². The van der Waals surface area contributed by atoms with Crippen molar-refractivity contribution >= 4 is 29.9 Å². The Morgan fingerprint density at radius 1 is 1.23 bits per heavy atom. The molecule has 0 aliphatic heterocycles. The maximum absolute atomic E-state index is 9.64. The monoisotopic (exact) mass is 474 g/mol. The standard InChI is InChI=1S/C20H34N4O.HI/c1-4-21-20(23-18-10-12-19(25)13-11-18)22-14-16(2)24(3)15-17-8-6-5-7-9-17;/h5-9,16,18-19,25H,4,10-15H2,1-3H3,(H2,21,22,23);1H. The van der Waals surface area contributed by atoms with Crippen LogP contribution in [-0.2, 0) is 6.54 Å². The molecular formula is C20H35IN4O. The van der Waals surface area contributed by atoms with Crippen molar-refractivity contribution in [3.63, 3.8) is 0 Å². The lowest BCUT2D eigenvalue weighted by atomic mass is 9.93. The Hall–Kier alpha value is -0.860. The van der Waals surface area contributed by atoms with E-state index in [0.29, 0.717) is 12.1 Å². The zero-order valence-electron chi connectivity index (χ0n) is 16.3. The van der Waals surface area contributed by atoms with Crippen molar-refractivity contribution in [2.24, 2.45) is 4.99 Å². The predicted octanol–water partition coefficient (Wildman–Crippen LogP) is 2.98. The van der Waals surface area contributed by atoms with Crippen LogP contribution in [0.25, 0.3) is 0 Å². The van der Waals surface area contributed by atoms with Gasteiger partial charge < -0.3 is 15.7 Å². The summed E-state index contributed by atoms with van der Waals surface area (Å²) in [6, 6.07) is 11.3. The van der Waals surface area contributed by atoms with Gasteiger partial charge in [-0.2, -0.15) is 0 Å². The van der Waals surface area contributed by atoms with Crippen molar-refractivity contribution in [3.8, 4) is 0 Å². The van der Waals surface area contributed by atoms with Gasteiger partial charge in [0.05, 0.1) is 12.6 Å². The summed E-state index contributed by atoms with van der Waals surface area (Å²) in [7, 11) is 2.15. The van der Waals surface area contributed by atoms with Gasteiger partial charge in [-0.1, -0.05) is 30.3 Å². The van der Waals surface area contributed by atoms with Crippen LogP contribution in [-0.4, -0.2) is 54.3 Å². The lowest BCUT2D eigenvalue weighted by Crippen LogP contribution is -2.46. The molecule has 0 saturated heterocycles. The number of hydrogen-bond acceptors (Lipinski definition) is 3. The second-order valence-electron chi connectivity index (χ2n) is 7.12. The highest BCUT2D eigenvalue weighted by atomic mass is 127. The molecule has 1 saturated carbocycles. The maximum atomic E-state index is 9.64. The number of nitrogens with zero attached hydrogens (tertiary/aromatic N) is 2. The van der Waals surface area contributed by atoms with Crippen molar-refractivity contribution in [2.75, 3.05) is 20.1 Å². The summed E-state index contributed by atoms with van der Waals surface area (Å²) in [5.74, 6) is 0.892. The number of aliphatic imine (C=N–C) groups is 1. The number of guanidine groups is 1. The Kier molecular flexibility index (Phi) is 11.2. The lowest BCUT2D eigenvalue weighted by Gasteiger charge is -2.28. The molecule has 0 spiro atoms. The Morgan fingerprint density at radius 2 is 1.88 bits per heavy atom. The van der Waals surface area contributed by atoms with E-state index in [9.17, 15) is 5.11 Å². The fraction of sp³-hybridized carbons (Fsp3) is 0.650. The molecule has 1 aromatic carbocycles. The van der Waals surface area contributed by atoms with Crippen LogP contribution in [0.5, 0.6) is 0 Å². The van der Waals surface area contributed by atoms with Crippen LogP contribution >= 0.6 is 24.0 Å². The van der Waals surface area contributed by atoms with E-state index < -0.39 is 0 Å². The van der Waals surface area contributed by atoms with E-state index in [1.54, 1.807) is 0 Å². The fourth-order valence-electron chi connectivity index (χ4n) is 3.12. The number of aliphatic hydroxyl groups excluding tert-OH is 1. The number of nitrogens with one attached hydrogen (secondary N) is 2. The van der Waals surface area contributed by atoms with Crippen LogP contribution in [0.2, 0.25) is 0 Å². The SMILES string of the molecule is CCNC(=NCC(C)N(C)Cc1ccccc1)NC1CCC(O)CC1.I. The summed E-state index contributed by atoms with van der Waals surface area (Å²) in [4.78, 5) is 7.11. The number of benzene rings is 1. The largest absolute Gasteiger partial charge is 0.393 e. The van der Waals surface area contributed by atoms with Crippen LogP contribution in [0.4, 0.5) is 0 Å². The molecule has 1 atom stereocenters. The van der Waals surface area contributed by atoms with E-state index in [0.717, 1.165) is 51.3 Å². The minimum atomic E-state index is -0.121. The molecule has 0 bridgehead atoms.